The summed E-state index contributed by atoms with van der Waals surface area (Å²) in [6, 6.07) is -1.02. The molecular weight excluding hydrogens is 175 g/mol. The normalized spacial score (nSPS) is 14.9. The summed E-state index contributed by atoms with van der Waals surface area (Å²) in [7, 11) is -0.209. The van der Waals surface area contributed by atoms with E-state index >= 15 is 0 Å². The second-order valence-corrected chi connectivity index (χ2v) is 2.97. The first-order valence-corrected chi connectivity index (χ1v) is 3.91. The smallest absolute Gasteiger partial charge is 0.426 e. The highest BCUT2D eigenvalue weighted by Crippen LogP contribution is 1.95. The minimum atomic E-state index is -1.59. The van der Waals surface area contributed by atoms with Crippen LogP contribution in [0.4, 0.5) is 0 Å². The predicted octanol–water partition coefficient (Wildman–Crippen LogP) is -2.84. The standard InChI is InChI=1S/C6H15BN2O4/c1-4(10)5(8)6(11)9(2)3-7(12)13/h4-5,10,12-13H,3,8H2,1-2H3/t4-,5+/m1/s1. The van der Waals surface area contributed by atoms with Crippen molar-refractivity contribution in [3.05, 3.63) is 0 Å². The van der Waals surface area contributed by atoms with Crippen LogP contribution in [0.15, 0.2) is 0 Å². The number of amides is 1. The maximum atomic E-state index is 11.2. The van der Waals surface area contributed by atoms with Crippen LogP contribution in [-0.4, -0.2) is 58.7 Å². The van der Waals surface area contributed by atoms with Gasteiger partial charge in [0.1, 0.15) is 6.04 Å². The fourth-order valence-corrected chi connectivity index (χ4v) is 0.796. The molecule has 0 aromatic heterocycles. The maximum Gasteiger partial charge on any atom is 0.472 e. The van der Waals surface area contributed by atoms with Crippen LogP contribution in [-0.2, 0) is 4.79 Å². The molecule has 76 valence electrons. The first-order valence-electron chi connectivity index (χ1n) is 3.91. The molecule has 0 saturated heterocycles. The summed E-state index contributed by atoms with van der Waals surface area (Å²) in [6.45, 7) is 1.39. The van der Waals surface area contributed by atoms with Gasteiger partial charge in [0.15, 0.2) is 0 Å². The van der Waals surface area contributed by atoms with Crippen LogP contribution in [0.3, 0.4) is 0 Å². The molecular formula is C6H15BN2O4. The van der Waals surface area contributed by atoms with Gasteiger partial charge in [0, 0.05) is 7.05 Å². The van der Waals surface area contributed by atoms with Gasteiger partial charge in [-0.3, -0.25) is 4.79 Å². The van der Waals surface area contributed by atoms with Crippen molar-refractivity contribution >= 4 is 13.0 Å². The second-order valence-electron chi connectivity index (χ2n) is 2.97. The highest BCUT2D eigenvalue weighted by molar-refractivity contribution is 6.41. The molecule has 13 heavy (non-hydrogen) atoms. The van der Waals surface area contributed by atoms with E-state index in [0.29, 0.717) is 0 Å². The number of aliphatic hydroxyl groups is 1. The number of nitrogens with two attached hydrogens (primary N) is 1. The topological polar surface area (TPSA) is 107 Å². The Morgan fingerprint density at radius 3 is 2.38 bits per heavy atom. The molecule has 6 nitrogen and oxygen atoms in total. The third-order valence-corrected chi connectivity index (χ3v) is 1.62. The molecule has 0 aromatic carbocycles. The molecule has 0 fully saturated rings. The molecule has 0 aliphatic heterocycles. The van der Waals surface area contributed by atoms with Gasteiger partial charge in [-0.05, 0) is 6.92 Å². The van der Waals surface area contributed by atoms with Gasteiger partial charge in [0.25, 0.3) is 0 Å². The molecule has 2 atom stereocenters. The SMILES string of the molecule is C[C@@H](O)[C@H](N)C(=O)N(C)CB(O)O. The lowest BCUT2D eigenvalue weighted by Crippen LogP contribution is -2.50. The number of hydrogen-bond donors (Lipinski definition) is 4. The molecule has 0 aromatic rings. The largest absolute Gasteiger partial charge is 0.472 e. The van der Waals surface area contributed by atoms with Crippen LogP contribution in [0.25, 0.3) is 0 Å². The van der Waals surface area contributed by atoms with Crippen LogP contribution >= 0.6 is 0 Å². The van der Waals surface area contributed by atoms with Gasteiger partial charge in [0.05, 0.1) is 12.5 Å². The second kappa shape index (κ2) is 5.18. The van der Waals surface area contributed by atoms with Crippen LogP contribution in [0.2, 0.25) is 0 Å². The van der Waals surface area contributed by atoms with Crippen molar-refractivity contribution in [3.8, 4) is 0 Å². The number of carbonyl (C=O) groups excluding carboxylic acids is 1. The molecule has 0 aliphatic carbocycles. The van der Waals surface area contributed by atoms with E-state index in [0.717, 1.165) is 4.90 Å². The van der Waals surface area contributed by atoms with E-state index in [-0.39, 0.29) is 6.44 Å². The van der Waals surface area contributed by atoms with E-state index in [1.54, 1.807) is 0 Å². The van der Waals surface area contributed by atoms with Crippen LogP contribution < -0.4 is 5.73 Å². The Kier molecular flexibility index (Phi) is 4.93. The summed E-state index contributed by atoms with van der Waals surface area (Å²) >= 11 is 0. The van der Waals surface area contributed by atoms with Gasteiger partial charge in [-0.25, -0.2) is 0 Å². The lowest BCUT2D eigenvalue weighted by atomic mass is 9.91. The molecule has 7 heteroatoms. The average molecular weight is 190 g/mol. The van der Waals surface area contributed by atoms with E-state index in [4.69, 9.17) is 20.9 Å². The Morgan fingerprint density at radius 1 is 1.62 bits per heavy atom. The van der Waals surface area contributed by atoms with Crippen LogP contribution in [0.5, 0.6) is 0 Å². The Labute approximate surface area is 77.1 Å². The highest BCUT2D eigenvalue weighted by Gasteiger charge is 2.24. The van der Waals surface area contributed by atoms with Crippen molar-refractivity contribution in [3.63, 3.8) is 0 Å². The molecule has 0 aliphatic rings. The lowest BCUT2D eigenvalue weighted by Gasteiger charge is -2.22. The summed E-state index contributed by atoms with van der Waals surface area (Å²) in [5, 5.41) is 26.1. The summed E-state index contributed by atoms with van der Waals surface area (Å²) in [5.41, 5.74) is 5.33. The van der Waals surface area contributed by atoms with Gasteiger partial charge < -0.3 is 25.8 Å². The molecule has 0 rings (SSSR count). The summed E-state index contributed by atoms with van der Waals surface area (Å²) in [6.07, 6.45) is -1.18. The summed E-state index contributed by atoms with van der Waals surface area (Å²) in [5.74, 6) is -0.525. The summed E-state index contributed by atoms with van der Waals surface area (Å²) in [4.78, 5) is 12.3. The Bertz CT molecular complexity index is 176. The fraction of sp³-hybridized carbons (Fsp3) is 0.833. The van der Waals surface area contributed by atoms with Gasteiger partial charge in [-0.1, -0.05) is 0 Å². The van der Waals surface area contributed by atoms with Crippen molar-refractivity contribution in [2.45, 2.75) is 19.1 Å². The molecule has 0 heterocycles. The fourth-order valence-electron chi connectivity index (χ4n) is 0.796. The summed E-state index contributed by atoms with van der Waals surface area (Å²) < 4.78 is 0. The molecule has 0 bridgehead atoms. The molecule has 0 spiro atoms. The first-order chi connectivity index (χ1) is 5.86. The van der Waals surface area contributed by atoms with E-state index < -0.39 is 25.2 Å². The number of carbonyl (C=O) groups is 1. The molecule has 0 saturated carbocycles. The van der Waals surface area contributed by atoms with Crippen molar-refractivity contribution in [1.82, 2.24) is 4.90 Å². The number of nitrogens with zero attached hydrogens (tertiary/aromatic N) is 1. The van der Waals surface area contributed by atoms with Crippen molar-refractivity contribution in [1.29, 1.82) is 0 Å². The zero-order valence-corrected chi connectivity index (χ0v) is 7.71. The van der Waals surface area contributed by atoms with Gasteiger partial charge in [-0.15, -0.1) is 0 Å². The highest BCUT2D eigenvalue weighted by atomic mass is 16.4. The lowest BCUT2D eigenvalue weighted by molar-refractivity contribution is -0.133. The zero-order chi connectivity index (χ0) is 10.6. The first kappa shape index (κ1) is 12.4. The molecule has 1 amide bonds. The Balaban J connectivity index is 4.09. The minimum Gasteiger partial charge on any atom is -0.426 e. The third-order valence-electron chi connectivity index (χ3n) is 1.62. The number of hydrogen-bond acceptors (Lipinski definition) is 5. The monoisotopic (exact) mass is 190 g/mol. The number of aliphatic hydroxyl groups excluding tert-OH is 1. The predicted molar refractivity (Wildman–Crippen MR) is 47.5 cm³/mol. The maximum absolute atomic E-state index is 11.2. The number of likely N-dealkylation sites (N-methyl/N-ethyl adjacent to an activating group) is 1. The molecule has 0 unspecified atom stereocenters. The minimum absolute atomic E-state index is 0.223. The van der Waals surface area contributed by atoms with Gasteiger partial charge in [-0.2, -0.15) is 0 Å². The zero-order valence-electron chi connectivity index (χ0n) is 7.71. The van der Waals surface area contributed by atoms with Crippen molar-refractivity contribution in [2.75, 3.05) is 13.5 Å². The molecule has 0 radical (unpaired) electrons. The third kappa shape index (κ3) is 4.23. The molecule has 5 N–H and O–H groups in total. The van der Waals surface area contributed by atoms with E-state index in [1.165, 1.54) is 14.0 Å². The Hall–Kier alpha value is -0.625. The quantitative estimate of drug-likeness (QED) is 0.357. The van der Waals surface area contributed by atoms with Crippen LogP contribution in [0.1, 0.15) is 6.92 Å². The average Bonchev–Trinajstić information content (AvgIpc) is 2.00. The van der Waals surface area contributed by atoms with Gasteiger partial charge in [0.2, 0.25) is 5.91 Å². The van der Waals surface area contributed by atoms with E-state index in [9.17, 15) is 4.79 Å². The van der Waals surface area contributed by atoms with Gasteiger partial charge >= 0.3 is 7.12 Å². The van der Waals surface area contributed by atoms with Crippen molar-refractivity contribution in [2.24, 2.45) is 5.73 Å². The number of rotatable bonds is 4. The van der Waals surface area contributed by atoms with E-state index in [2.05, 4.69) is 0 Å². The van der Waals surface area contributed by atoms with Crippen molar-refractivity contribution < 1.29 is 19.9 Å². The Morgan fingerprint density at radius 2 is 2.08 bits per heavy atom. The van der Waals surface area contributed by atoms with E-state index in [1.807, 2.05) is 0 Å². The van der Waals surface area contributed by atoms with Crippen LogP contribution in [0, 0.1) is 0 Å².